The Hall–Kier alpha value is -2.01. The normalized spacial score (nSPS) is 12.2. The van der Waals surface area contributed by atoms with Crippen LogP contribution in [0.4, 0.5) is 5.69 Å². The number of H-pyrrole nitrogens is 1. The lowest BCUT2D eigenvalue weighted by Gasteiger charge is -2.16. The number of hydrogen-bond donors (Lipinski definition) is 3. The van der Waals surface area contributed by atoms with E-state index in [2.05, 4.69) is 22.4 Å². The number of aryl methyl sites for hydroxylation is 1. The Balaban J connectivity index is 2.17. The first-order valence-electron chi connectivity index (χ1n) is 6.20. The molecule has 1 aromatic carbocycles. The lowest BCUT2D eigenvalue weighted by atomic mass is 10.1. The second-order valence-corrected chi connectivity index (χ2v) is 4.50. The Labute approximate surface area is 112 Å². The Bertz CT molecular complexity index is 551. The van der Waals surface area contributed by atoms with Crippen LogP contribution in [0, 0.1) is 6.92 Å². The van der Waals surface area contributed by atoms with E-state index in [0.29, 0.717) is 5.75 Å². The van der Waals surface area contributed by atoms with Gasteiger partial charge >= 0.3 is 0 Å². The smallest absolute Gasteiger partial charge is 0.124 e. The molecule has 0 aliphatic carbocycles. The maximum atomic E-state index is 9.31. The third kappa shape index (κ3) is 2.88. The van der Waals surface area contributed by atoms with Crippen molar-refractivity contribution in [3.63, 3.8) is 0 Å². The predicted molar refractivity (Wildman–Crippen MR) is 74.3 cm³/mol. The van der Waals surface area contributed by atoms with Crippen LogP contribution in [0.15, 0.2) is 24.4 Å². The van der Waals surface area contributed by atoms with Crippen molar-refractivity contribution in [2.24, 2.45) is 0 Å². The number of aromatic nitrogens is 2. The number of rotatable bonds is 5. The Morgan fingerprint density at radius 2 is 2.26 bits per heavy atom. The molecule has 0 aliphatic heterocycles. The summed E-state index contributed by atoms with van der Waals surface area (Å²) in [6.07, 6.45) is 1.82. The van der Waals surface area contributed by atoms with Crippen molar-refractivity contribution in [3.05, 3.63) is 41.2 Å². The number of nitrogens with one attached hydrogen (secondary N) is 2. The zero-order chi connectivity index (χ0) is 13.8. The van der Waals surface area contributed by atoms with Gasteiger partial charge in [-0.25, -0.2) is 0 Å². The molecule has 0 aliphatic rings. The van der Waals surface area contributed by atoms with Gasteiger partial charge in [0.25, 0.3) is 0 Å². The van der Waals surface area contributed by atoms with Crippen LogP contribution in [0.5, 0.6) is 5.75 Å². The van der Waals surface area contributed by atoms with Crippen LogP contribution in [-0.2, 0) is 6.61 Å². The van der Waals surface area contributed by atoms with Gasteiger partial charge in [0.2, 0.25) is 0 Å². The Kier molecular flexibility index (Phi) is 4.06. The third-order valence-corrected chi connectivity index (χ3v) is 3.17. The van der Waals surface area contributed by atoms with Gasteiger partial charge in [0.05, 0.1) is 26.0 Å². The molecule has 1 unspecified atom stereocenters. The van der Waals surface area contributed by atoms with Crippen molar-refractivity contribution >= 4 is 5.69 Å². The molecule has 1 heterocycles. The second-order valence-electron chi connectivity index (χ2n) is 4.50. The zero-order valence-corrected chi connectivity index (χ0v) is 11.4. The summed E-state index contributed by atoms with van der Waals surface area (Å²) >= 11 is 0. The van der Waals surface area contributed by atoms with Crippen molar-refractivity contribution in [2.75, 3.05) is 12.4 Å². The molecule has 0 saturated carbocycles. The number of ether oxygens (including phenoxy) is 1. The average molecular weight is 261 g/mol. The molecule has 0 radical (unpaired) electrons. The lowest BCUT2D eigenvalue weighted by Crippen LogP contribution is -2.07. The molecule has 0 amide bonds. The van der Waals surface area contributed by atoms with E-state index in [1.165, 1.54) is 0 Å². The number of hydrogen-bond acceptors (Lipinski definition) is 4. The Morgan fingerprint density at radius 1 is 1.47 bits per heavy atom. The van der Waals surface area contributed by atoms with Gasteiger partial charge in [-0.1, -0.05) is 0 Å². The van der Waals surface area contributed by atoms with Crippen molar-refractivity contribution < 1.29 is 9.84 Å². The maximum absolute atomic E-state index is 9.31. The molecule has 102 valence electrons. The summed E-state index contributed by atoms with van der Waals surface area (Å²) in [7, 11) is 1.60. The average Bonchev–Trinajstić information content (AvgIpc) is 2.85. The molecule has 1 atom stereocenters. The fourth-order valence-corrected chi connectivity index (χ4v) is 2.12. The maximum Gasteiger partial charge on any atom is 0.124 e. The highest BCUT2D eigenvalue weighted by molar-refractivity contribution is 5.52. The van der Waals surface area contributed by atoms with Crippen LogP contribution >= 0.6 is 0 Å². The van der Waals surface area contributed by atoms with Gasteiger partial charge in [0.15, 0.2) is 0 Å². The molecule has 2 rings (SSSR count). The first kappa shape index (κ1) is 13.4. The largest absolute Gasteiger partial charge is 0.496 e. The monoisotopic (exact) mass is 261 g/mol. The van der Waals surface area contributed by atoms with Gasteiger partial charge in [-0.3, -0.25) is 5.10 Å². The van der Waals surface area contributed by atoms with Crippen molar-refractivity contribution in [1.29, 1.82) is 0 Å². The molecule has 1 aromatic heterocycles. The number of benzene rings is 1. The van der Waals surface area contributed by atoms with Crippen LogP contribution < -0.4 is 10.1 Å². The molecule has 0 bridgehead atoms. The minimum absolute atomic E-state index is 0.0438. The van der Waals surface area contributed by atoms with Crippen molar-refractivity contribution in [2.45, 2.75) is 26.5 Å². The molecule has 5 heteroatoms. The van der Waals surface area contributed by atoms with Gasteiger partial charge in [-0.2, -0.15) is 5.10 Å². The summed E-state index contributed by atoms with van der Waals surface area (Å²) in [5.74, 6) is 0.695. The van der Waals surface area contributed by atoms with Crippen LogP contribution in [0.25, 0.3) is 0 Å². The van der Waals surface area contributed by atoms with E-state index >= 15 is 0 Å². The van der Waals surface area contributed by atoms with Crippen LogP contribution in [-0.4, -0.2) is 22.4 Å². The number of aromatic amines is 1. The molecule has 3 N–H and O–H groups in total. The van der Waals surface area contributed by atoms with E-state index in [4.69, 9.17) is 4.74 Å². The molecule has 0 fully saturated rings. The summed E-state index contributed by atoms with van der Waals surface area (Å²) in [4.78, 5) is 0. The summed E-state index contributed by atoms with van der Waals surface area (Å²) in [5, 5.41) is 19.6. The van der Waals surface area contributed by atoms with E-state index in [1.807, 2.05) is 31.3 Å². The molecule has 2 aromatic rings. The molecular formula is C14H19N3O2. The SMILES string of the molecule is COc1ccc(NC(C)c2cn[nH]c2C)cc1CO. The second kappa shape index (κ2) is 5.75. The molecule has 5 nitrogen and oxygen atoms in total. The third-order valence-electron chi connectivity index (χ3n) is 3.17. The lowest BCUT2D eigenvalue weighted by molar-refractivity contribution is 0.274. The minimum Gasteiger partial charge on any atom is -0.496 e. The Morgan fingerprint density at radius 3 is 2.84 bits per heavy atom. The van der Waals surface area contributed by atoms with Crippen LogP contribution in [0.2, 0.25) is 0 Å². The number of nitrogens with zero attached hydrogens (tertiary/aromatic N) is 1. The van der Waals surface area contributed by atoms with Gasteiger partial charge in [-0.05, 0) is 32.0 Å². The fourth-order valence-electron chi connectivity index (χ4n) is 2.12. The van der Waals surface area contributed by atoms with E-state index < -0.39 is 0 Å². The zero-order valence-electron chi connectivity index (χ0n) is 11.4. The van der Waals surface area contributed by atoms with Crippen molar-refractivity contribution in [1.82, 2.24) is 10.2 Å². The predicted octanol–water partition coefficient (Wildman–Crippen LogP) is 2.39. The quantitative estimate of drug-likeness (QED) is 0.773. The minimum atomic E-state index is -0.0438. The molecule has 0 saturated heterocycles. The highest BCUT2D eigenvalue weighted by atomic mass is 16.5. The molecule has 19 heavy (non-hydrogen) atoms. The molecule has 0 spiro atoms. The number of anilines is 1. The standard InChI is InChI=1S/C14H19N3O2/c1-9(13-7-15-17-10(13)2)16-12-4-5-14(19-3)11(6-12)8-18/h4-7,9,16,18H,8H2,1-3H3,(H,15,17). The van der Waals surface area contributed by atoms with E-state index in [1.54, 1.807) is 7.11 Å². The number of aliphatic hydroxyl groups is 1. The number of aliphatic hydroxyl groups excluding tert-OH is 1. The van der Waals surface area contributed by atoms with Crippen LogP contribution in [0.1, 0.15) is 29.8 Å². The van der Waals surface area contributed by atoms with Gasteiger partial charge in [0, 0.05) is 22.5 Å². The van der Waals surface area contributed by atoms with E-state index in [-0.39, 0.29) is 12.6 Å². The first-order valence-corrected chi connectivity index (χ1v) is 6.20. The summed E-state index contributed by atoms with van der Waals surface area (Å²) < 4.78 is 5.18. The summed E-state index contributed by atoms with van der Waals surface area (Å²) in [5.41, 5.74) is 3.89. The summed E-state index contributed by atoms with van der Waals surface area (Å²) in [6.45, 7) is 4.02. The number of methoxy groups -OCH3 is 1. The summed E-state index contributed by atoms with van der Waals surface area (Å²) in [6, 6.07) is 5.82. The highest BCUT2D eigenvalue weighted by Crippen LogP contribution is 2.26. The van der Waals surface area contributed by atoms with E-state index in [9.17, 15) is 5.11 Å². The van der Waals surface area contributed by atoms with Gasteiger partial charge < -0.3 is 15.2 Å². The first-order chi connectivity index (χ1) is 9.15. The van der Waals surface area contributed by atoms with Gasteiger partial charge in [0.1, 0.15) is 5.75 Å². The fraction of sp³-hybridized carbons (Fsp3) is 0.357. The molecular weight excluding hydrogens is 242 g/mol. The van der Waals surface area contributed by atoms with Crippen molar-refractivity contribution in [3.8, 4) is 5.75 Å². The van der Waals surface area contributed by atoms with Crippen LogP contribution in [0.3, 0.4) is 0 Å². The van der Waals surface area contributed by atoms with Gasteiger partial charge in [-0.15, -0.1) is 0 Å². The highest BCUT2D eigenvalue weighted by Gasteiger charge is 2.11. The topological polar surface area (TPSA) is 70.2 Å². The van der Waals surface area contributed by atoms with E-state index in [0.717, 1.165) is 22.5 Å².